The number of thiophene rings is 1. The molecule has 0 aliphatic carbocycles. The van der Waals surface area contributed by atoms with Crippen molar-refractivity contribution in [3.8, 4) is 0 Å². The number of fused-ring (bicyclic) bond motifs is 1. The van der Waals surface area contributed by atoms with E-state index in [1.807, 2.05) is 32.2 Å². The highest BCUT2D eigenvalue weighted by molar-refractivity contribution is 7.11. The Balaban J connectivity index is 1.48. The molecular weight excluding hydrogens is 406 g/mol. The third-order valence-corrected chi connectivity index (χ3v) is 6.55. The number of nitrogens with zero attached hydrogens (tertiary/aromatic N) is 2. The van der Waals surface area contributed by atoms with Crippen LogP contribution in [0.15, 0.2) is 11.5 Å². The smallest absolute Gasteiger partial charge is 0.410 e. The summed E-state index contributed by atoms with van der Waals surface area (Å²) in [6.07, 6.45) is 2.96. The van der Waals surface area contributed by atoms with Crippen LogP contribution in [0.2, 0.25) is 0 Å². The van der Waals surface area contributed by atoms with Gasteiger partial charge in [0.2, 0.25) is 11.8 Å². The number of carbonyl (C=O) groups excluding carboxylic acids is 4. The van der Waals surface area contributed by atoms with Crippen LogP contribution in [-0.4, -0.2) is 58.3 Å². The summed E-state index contributed by atoms with van der Waals surface area (Å²) in [6, 6.07) is -0.608. The fourth-order valence-electron chi connectivity index (χ4n) is 3.98. The highest BCUT2D eigenvalue weighted by Gasteiger charge is 2.41. The van der Waals surface area contributed by atoms with E-state index in [9.17, 15) is 19.2 Å². The van der Waals surface area contributed by atoms with Crippen LogP contribution in [0, 0.1) is 0 Å². The number of carbonyl (C=O) groups is 4. The number of hydrogen-bond donors (Lipinski definition) is 1. The Morgan fingerprint density at radius 3 is 2.63 bits per heavy atom. The van der Waals surface area contributed by atoms with E-state index >= 15 is 0 Å². The molecule has 1 saturated heterocycles. The van der Waals surface area contributed by atoms with E-state index in [-0.39, 0.29) is 24.3 Å². The van der Waals surface area contributed by atoms with E-state index < -0.39 is 17.6 Å². The minimum atomic E-state index is -0.608. The van der Waals surface area contributed by atoms with Crippen LogP contribution < -0.4 is 5.32 Å². The Hall–Kier alpha value is -2.68. The van der Waals surface area contributed by atoms with Gasteiger partial charge < -0.3 is 14.5 Å². The van der Waals surface area contributed by atoms with Gasteiger partial charge in [0.15, 0.2) is 0 Å². The van der Waals surface area contributed by atoms with Crippen molar-refractivity contribution in [2.45, 2.75) is 58.2 Å². The Bertz CT molecular complexity index is 958. The van der Waals surface area contributed by atoms with Crippen molar-refractivity contribution >= 4 is 40.7 Å². The predicted octanol–water partition coefficient (Wildman–Crippen LogP) is 2.53. The first-order chi connectivity index (χ1) is 14.1. The molecule has 0 bridgehead atoms. The first-order valence-corrected chi connectivity index (χ1v) is 10.9. The molecule has 4 heterocycles. The molecule has 160 valence electrons. The summed E-state index contributed by atoms with van der Waals surface area (Å²) in [5, 5.41) is 4.17. The Kier molecular flexibility index (Phi) is 5.17. The van der Waals surface area contributed by atoms with Crippen LogP contribution in [0.3, 0.4) is 0 Å². The van der Waals surface area contributed by atoms with Gasteiger partial charge in [0.1, 0.15) is 11.6 Å². The molecule has 1 atom stereocenters. The normalized spacial score (nSPS) is 22.0. The third-order valence-electron chi connectivity index (χ3n) is 5.45. The lowest BCUT2D eigenvalue weighted by Crippen LogP contribution is -2.52. The van der Waals surface area contributed by atoms with Crippen molar-refractivity contribution in [3.63, 3.8) is 0 Å². The Labute approximate surface area is 178 Å². The molecule has 30 heavy (non-hydrogen) atoms. The van der Waals surface area contributed by atoms with E-state index in [1.54, 1.807) is 9.80 Å². The van der Waals surface area contributed by atoms with Crippen LogP contribution in [0.25, 0.3) is 5.57 Å². The number of rotatable bonds is 2. The highest BCUT2D eigenvalue weighted by Crippen LogP contribution is 2.39. The summed E-state index contributed by atoms with van der Waals surface area (Å²) >= 11 is 1.53. The van der Waals surface area contributed by atoms with Gasteiger partial charge in [-0.3, -0.25) is 19.7 Å². The summed E-state index contributed by atoms with van der Waals surface area (Å²) in [4.78, 5) is 53.1. The zero-order valence-corrected chi connectivity index (χ0v) is 18.1. The zero-order valence-electron chi connectivity index (χ0n) is 17.3. The molecule has 9 heteroatoms. The van der Waals surface area contributed by atoms with Crippen LogP contribution in [-0.2, 0) is 20.9 Å². The second-order valence-electron chi connectivity index (χ2n) is 8.76. The maximum atomic E-state index is 12.9. The molecule has 1 unspecified atom stereocenters. The van der Waals surface area contributed by atoms with Crippen LogP contribution in [0.4, 0.5) is 4.79 Å². The number of imide groups is 1. The van der Waals surface area contributed by atoms with Gasteiger partial charge >= 0.3 is 6.09 Å². The van der Waals surface area contributed by atoms with Gasteiger partial charge in [0, 0.05) is 41.9 Å². The summed E-state index contributed by atoms with van der Waals surface area (Å²) in [5.41, 5.74) is 2.15. The Morgan fingerprint density at radius 2 is 2.00 bits per heavy atom. The van der Waals surface area contributed by atoms with Gasteiger partial charge in [-0.05, 0) is 39.2 Å². The summed E-state index contributed by atoms with van der Waals surface area (Å²) in [5.74, 6) is -0.853. The minimum absolute atomic E-state index is 0.159. The largest absolute Gasteiger partial charge is 0.444 e. The average Bonchev–Trinajstić information content (AvgIpc) is 3.21. The average molecular weight is 432 g/mol. The fraction of sp³-hybridized carbons (Fsp3) is 0.524. The number of hydrogen-bond acceptors (Lipinski definition) is 6. The van der Waals surface area contributed by atoms with Crippen molar-refractivity contribution in [3.05, 3.63) is 27.5 Å². The number of piperidine rings is 1. The molecule has 0 spiro atoms. The van der Waals surface area contributed by atoms with Crippen LogP contribution >= 0.6 is 11.3 Å². The maximum absolute atomic E-state index is 12.9. The number of ether oxygens (including phenoxy) is 1. The molecule has 3 aliphatic heterocycles. The van der Waals surface area contributed by atoms with Gasteiger partial charge in [-0.25, -0.2) is 4.79 Å². The lowest BCUT2D eigenvalue weighted by Gasteiger charge is -2.30. The lowest BCUT2D eigenvalue weighted by atomic mass is 10.0. The molecule has 1 aromatic rings. The van der Waals surface area contributed by atoms with E-state index in [0.717, 1.165) is 16.0 Å². The second-order valence-corrected chi connectivity index (χ2v) is 9.64. The van der Waals surface area contributed by atoms with E-state index in [0.29, 0.717) is 38.0 Å². The SMILES string of the molecule is CC(C)(C)OC(=O)N1CC=C(c2scc3c2CN(C2CCC(=O)NC2=O)C3=O)CC1. The van der Waals surface area contributed by atoms with Gasteiger partial charge in [0.25, 0.3) is 5.91 Å². The van der Waals surface area contributed by atoms with Crippen molar-refractivity contribution < 1.29 is 23.9 Å². The van der Waals surface area contributed by atoms with Gasteiger partial charge in [-0.2, -0.15) is 0 Å². The van der Waals surface area contributed by atoms with Crippen molar-refractivity contribution in [1.82, 2.24) is 15.1 Å². The number of amides is 4. The van der Waals surface area contributed by atoms with E-state index in [2.05, 4.69) is 5.32 Å². The standard InChI is InChI=1S/C21H25N3O5S/c1-21(2,3)29-20(28)23-8-6-12(7-9-23)17-13-10-24(19(27)14(13)11-30-17)15-4-5-16(25)22-18(15)26/h6,11,15H,4-5,7-10H2,1-3H3,(H,22,25,26). The molecule has 0 saturated carbocycles. The molecule has 4 rings (SSSR count). The number of nitrogens with one attached hydrogen (secondary N) is 1. The van der Waals surface area contributed by atoms with Gasteiger partial charge in [-0.1, -0.05) is 6.08 Å². The first kappa shape index (κ1) is 20.6. The fourth-order valence-corrected chi connectivity index (χ4v) is 5.12. The van der Waals surface area contributed by atoms with E-state index in [1.165, 1.54) is 11.3 Å². The van der Waals surface area contributed by atoms with Crippen molar-refractivity contribution in [1.29, 1.82) is 0 Å². The molecular formula is C21H25N3O5S. The van der Waals surface area contributed by atoms with Crippen LogP contribution in [0.5, 0.6) is 0 Å². The summed E-state index contributed by atoms with van der Waals surface area (Å²) < 4.78 is 5.44. The molecule has 1 N–H and O–H groups in total. The molecule has 8 nitrogen and oxygen atoms in total. The third kappa shape index (κ3) is 3.86. The Morgan fingerprint density at radius 1 is 1.23 bits per heavy atom. The van der Waals surface area contributed by atoms with Crippen molar-refractivity contribution in [2.75, 3.05) is 13.1 Å². The monoisotopic (exact) mass is 431 g/mol. The quantitative estimate of drug-likeness (QED) is 0.726. The molecule has 1 aromatic heterocycles. The topological polar surface area (TPSA) is 96.0 Å². The zero-order chi connectivity index (χ0) is 21.6. The summed E-state index contributed by atoms with van der Waals surface area (Å²) in [6.45, 7) is 6.91. The van der Waals surface area contributed by atoms with Crippen molar-refractivity contribution in [2.24, 2.45) is 0 Å². The van der Waals surface area contributed by atoms with Crippen LogP contribution in [0.1, 0.15) is 60.8 Å². The minimum Gasteiger partial charge on any atom is -0.444 e. The van der Waals surface area contributed by atoms with E-state index in [4.69, 9.17) is 4.74 Å². The highest BCUT2D eigenvalue weighted by atomic mass is 32.1. The molecule has 3 aliphatic rings. The maximum Gasteiger partial charge on any atom is 0.410 e. The van der Waals surface area contributed by atoms with Gasteiger partial charge in [0.05, 0.1) is 5.56 Å². The molecule has 4 amide bonds. The van der Waals surface area contributed by atoms with Gasteiger partial charge in [-0.15, -0.1) is 11.3 Å². The molecule has 0 aromatic carbocycles. The molecule has 0 radical (unpaired) electrons. The predicted molar refractivity (Wildman–Crippen MR) is 111 cm³/mol. The summed E-state index contributed by atoms with van der Waals surface area (Å²) in [7, 11) is 0. The lowest BCUT2D eigenvalue weighted by molar-refractivity contribution is -0.136. The molecule has 1 fully saturated rings. The first-order valence-electron chi connectivity index (χ1n) is 10.1. The second kappa shape index (κ2) is 7.54.